The largest absolute Gasteiger partial charge is 0.315 e. The van der Waals surface area contributed by atoms with E-state index in [9.17, 15) is 8.42 Å². The van der Waals surface area contributed by atoms with Crippen LogP contribution in [0.25, 0.3) is 0 Å². The van der Waals surface area contributed by atoms with Crippen LogP contribution in [0.3, 0.4) is 0 Å². The van der Waals surface area contributed by atoms with E-state index in [4.69, 9.17) is 0 Å². The second-order valence-electron chi connectivity index (χ2n) is 5.75. The Bertz CT molecular complexity index is 363. The Balaban J connectivity index is 2.02. The quantitative estimate of drug-likeness (QED) is 0.832. The third-order valence-corrected chi connectivity index (χ3v) is 6.18. The van der Waals surface area contributed by atoms with Gasteiger partial charge in [-0.15, -0.1) is 0 Å². The first-order valence-corrected chi connectivity index (χ1v) is 9.13. The van der Waals surface area contributed by atoms with E-state index >= 15 is 0 Å². The number of likely N-dealkylation sites (N-methyl/N-ethyl adjacent to an activating group) is 1. The molecule has 0 aromatic carbocycles. The zero-order valence-corrected chi connectivity index (χ0v) is 12.4. The van der Waals surface area contributed by atoms with Gasteiger partial charge in [0.05, 0.1) is 5.25 Å². The molecule has 0 spiro atoms. The molecule has 18 heavy (non-hydrogen) atoms. The Morgan fingerprint density at radius 2 is 2.00 bits per heavy atom. The van der Waals surface area contributed by atoms with E-state index in [1.165, 1.54) is 12.7 Å². The average Bonchev–Trinajstić information content (AvgIpc) is 2.83. The summed E-state index contributed by atoms with van der Waals surface area (Å²) in [6.45, 7) is 5.40. The Kier molecular flexibility index (Phi) is 4.67. The molecule has 0 aromatic heterocycles. The fourth-order valence-corrected chi connectivity index (χ4v) is 4.71. The van der Waals surface area contributed by atoms with Crippen LogP contribution in [0.4, 0.5) is 0 Å². The number of rotatable bonds is 4. The Morgan fingerprint density at radius 3 is 2.56 bits per heavy atom. The van der Waals surface area contributed by atoms with Gasteiger partial charge >= 0.3 is 0 Å². The van der Waals surface area contributed by atoms with Crippen LogP contribution < -0.4 is 5.32 Å². The fourth-order valence-electron chi connectivity index (χ4n) is 3.55. The summed E-state index contributed by atoms with van der Waals surface area (Å²) in [6, 6.07) is 1.08. The van der Waals surface area contributed by atoms with Crippen LogP contribution in [0.1, 0.15) is 39.0 Å². The van der Waals surface area contributed by atoms with Gasteiger partial charge in [-0.3, -0.25) is 4.90 Å². The van der Waals surface area contributed by atoms with E-state index in [1.54, 1.807) is 0 Å². The molecular formula is C13H26N2O2S. The summed E-state index contributed by atoms with van der Waals surface area (Å²) in [5.41, 5.74) is 0. The van der Waals surface area contributed by atoms with Crippen molar-refractivity contribution in [1.82, 2.24) is 10.2 Å². The van der Waals surface area contributed by atoms with E-state index in [0.717, 1.165) is 45.3 Å². The zero-order valence-electron chi connectivity index (χ0n) is 11.6. The Labute approximate surface area is 111 Å². The molecule has 1 aliphatic carbocycles. The molecule has 1 saturated heterocycles. The van der Waals surface area contributed by atoms with Crippen molar-refractivity contribution < 1.29 is 8.42 Å². The minimum absolute atomic E-state index is 0.111. The highest BCUT2D eigenvalue weighted by molar-refractivity contribution is 7.91. The number of hydrogen-bond donors (Lipinski definition) is 1. The second kappa shape index (κ2) is 5.88. The number of nitrogens with one attached hydrogen (secondary N) is 1. The van der Waals surface area contributed by atoms with Crippen LogP contribution in [0, 0.1) is 0 Å². The highest BCUT2D eigenvalue weighted by Crippen LogP contribution is 2.29. The molecule has 3 unspecified atom stereocenters. The molecule has 0 aromatic rings. The monoisotopic (exact) mass is 274 g/mol. The van der Waals surface area contributed by atoms with Crippen LogP contribution in [-0.2, 0) is 9.84 Å². The molecule has 2 rings (SSSR count). The third kappa shape index (κ3) is 3.25. The summed E-state index contributed by atoms with van der Waals surface area (Å²) in [6.07, 6.45) is 6.51. The van der Waals surface area contributed by atoms with Gasteiger partial charge < -0.3 is 5.32 Å². The molecule has 0 amide bonds. The molecular weight excluding hydrogens is 248 g/mol. The topological polar surface area (TPSA) is 49.4 Å². The van der Waals surface area contributed by atoms with Crippen molar-refractivity contribution in [3.8, 4) is 0 Å². The van der Waals surface area contributed by atoms with Gasteiger partial charge in [-0.1, -0.05) is 13.3 Å². The number of nitrogens with zero attached hydrogens (tertiary/aromatic N) is 1. The molecule has 5 heteroatoms. The molecule has 1 heterocycles. The van der Waals surface area contributed by atoms with E-state index in [-0.39, 0.29) is 5.25 Å². The molecule has 4 nitrogen and oxygen atoms in total. The fraction of sp³-hybridized carbons (Fsp3) is 1.00. The molecule has 106 valence electrons. The van der Waals surface area contributed by atoms with Gasteiger partial charge in [0, 0.05) is 24.9 Å². The maximum atomic E-state index is 11.7. The van der Waals surface area contributed by atoms with Gasteiger partial charge in [-0.05, 0) is 38.8 Å². The molecule has 2 fully saturated rings. The Morgan fingerprint density at radius 1 is 1.22 bits per heavy atom. The molecule has 2 aliphatic rings. The van der Waals surface area contributed by atoms with Crippen LogP contribution in [0.15, 0.2) is 0 Å². The van der Waals surface area contributed by atoms with Crippen molar-refractivity contribution in [3.05, 3.63) is 0 Å². The van der Waals surface area contributed by atoms with E-state index in [0.29, 0.717) is 12.1 Å². The summed E-state index contributed by atoms with van der Waals surface area (Å²) in [7, 11) is -2.87. The van der Waals surface area contributed by atoms with Crippen molar-refractivity contribution in [2.24, 2.45) is 0 Å². The minimum Gasteiger partial charge on any atom is -0.315 e. The van der Waals surface area contributed by atoms with Gasteiger partial charge in [0.25, 0.3) is 0 Å². The van der Waals surface area contributed by atoms with Gasteiger partial charge in [0.1, 0.15) is 9.84 Å². The van der Waals surface area contributed by atoms with Crippen LogP contribution in [0.2, 0.25) is 0 Å². The van der Waals surface area contributed by atoms with Crippen LogP contribution in [0.5, 0.6) is 0 Å². The van der Waals surface area contributed by atoms with Crippen LogP contribution >= 0.6 is 0 Å². The molecule has 3 atom stereocenters. The normalized spacial score (nSPS) is 34.1. The van der Waals surface area contributed by atoms with E-state index < -0.39 is 9.84 Å². The summed E-state index contributed by atoms with van der Waals surface area (Å²) in [5.74, 6) is 0. The lowest BCUT2D eigenvalue weighted by Gasteiger charge is -2.39. The van der Waals surface area contributed by atoms with Crippen LogP contribution in [-0.4, -0.2) is 56.5 Å². The summed E-state index contributed by atoms with van der Waals surface area (Å²) in [5, 5.41) is 3.30. The average molecular weight is 274 g/mol. The summed E-state index contributed by atoms with van der Waals surface area (Å²) >= 11 is 0. The third-order valence-electron chi connectivity index (χ3n) is 4.54. The maximum absolute atomic E-state index is 11.7. The lowest BCUT2D eigenvalue weighted by atomic mass is 9.92. The van der Waals surface area contributed by atoms with E-state index in [1.807, 2.05) is 0 Å². The van der Waals surface area contributed by atoms with Crippen molar-refractivity contribution >= 4 is 9.84 Å². The van der Waals surface area contributed by atoms with E-state index in [2.05, 4.69) is 17.1 Å². The first-order valence-electron chi connectivity index (χ1n) is 7.17. The zero-order chi connectivity index (χ0) is 13.2. The molecule has 0 bridgehead atoms. The van der Waals surface area contributed by atoms with Crippen molar-refractivity contribution in [3.63, 3.8) is 0 Å². The van der Waals surface area contributed by atoms with Crippen molar-refractivity contribution in [2.45, 2.75) is 56.4 Å². The second-order valence-corrected chi connectivity index (χ2v) is 8.07. The lowest BCUT2D eigenvalue weighted by Crippen LogP contribution is -2.47. The van der Waals surface area contributed by atoms with Gasteiger partial charge in [-0.2, -0.15) is 0 Å². The molecule has 1 N–H and O–H groups in total. The van der Waals surface area contributed by atoms with Gasteiger partial charge in [0.15, 0.2) is 0 Å². The summed E-state index contributed by atoms with van der Waals surface area (Å²) < 4.78 is 23.5. The predicted molar refractivity (Wildman–Crippen MR) is 74.5 cm³/mol. The van der Waals surface area contributed by atoms with Gasteiger partial charge in [-0.25, -0.2) is 8.42 Å². The SMILES string of the molecule is CCN(C1CCNC1)C1CCCC(S(C)(=O)=O)C1. The summed E-state index contributed by atoms with van der Waals surface area (Å²) in [4.78, 5) is 2.54. The standard InChI is InChI=1S/C13H26N2O2S/c1-3-15(12-7-8-14-10-12)11-5-4-6-13(9-11)18(2,16)17/h11-14H,3-10H2,1-2H3. The smallest absolute Gasteiger partial charge is 0.150 e. The maximum Gasteiger partial charge on any atom is 0.150 e. The lowest BCUT2D eigenvalue weighted by molar-refractivity contribution is 0.120. The minimum atomic E-state index is -2.87. The Hall–Kier alpha value is -0.130. The highest BCUT2D eigenvalue weighted by Gasteiger charge is 2.34. The van der Waals surface area contributed by atoms with Crippen molar-refractivity contribution in [1.29, 1.82) is 0 Å². The predicted octanol–water partition coefficient (Wildman–Crippen LogP) is 1.03. The number of sulfone groups is 1. The molecule has 1 saturated carbocycles. The van der Waals surface area contributed by atoms with Gasteiger partial charge in [0.2, 0.25) is 0 Å². The first kappa shape index (κ1) is 14.3. The van der Waals surface area contributed by atoms with Crippen molar-refractivity contribution in [2.75, 3.05) is 25.9 Å². The first-order chi connectivity index (χ1) is 8.52. The molecule has 1 aliphatic heterocycles. The molecule has 0 radical (unpaired) electrons. The highest BCUT2D eigenvalue weighted by atomic mass is 32.2. The number of hydrogen-bond acceptors (Lipinski definition) is 4.